The SMILES string of the molecule is COc1ccc(CNCc2ccc(CS(C)(=O)=O)cc2)cc1. The van der Waals surface area contributed by atoms with Crippen LogP contribution in [0.1, 0.15) is 16.7 Å². The van der Waals surface area contributed by atoms with Gasteiger partial charge in [-0.25, -0.2) is 8.42 Å². The van der Waals surface area contributed by atoms with Crippen LogP contribution in [0.15, 0.2) is 48.5 Å². The van der Waals surface area contributed by atoms with Crippen molar-refractivity contribution in [2.24, 2.45) is 0 Å². The number of nitrogens with one attached hydrogen (secondary N) is 1. The van der Waals surface area contributed by atoms with E-state index in [2.05, 4.69) is 5.32 Å². The van der Waals surface area contributed by atoms with Crippen LogP contribution in [0.25, 0.3) is 0 Å². The Labute approximate surface area is 132 Å². The summed E-state index contributed by atoms with van der Waals surface area (Å²) in [6, 6.07) is 15.6. The van der Waals surface area contributed by atoms with Gasteiger partial charge in [-0.05, 0) is 28.8 Å². The molecule has 118 valence electrons. The van der Waals surface area contributed by atoms with Crippen LogP contribution in [0.3, 0.4) is 0 Å². The van der Waals surface area contributed by atoms with Crippen LogP contribution >= 0.6 is 0 Å². The molecule has 0 saturated heterocycles. The molecule has 0 radical (unpaired) electrons. The number of hydrogen-bond donors (Lipinski definition) is 1. The summed E-state index contributed by atoms with van der Waals surface area (Å²) < 4.78 is 27.6. The molecular weight excluding hydrogens is 298 g/mol. The molecule has 22 heavy (non-hydrogen) atoms. The smallest absolute Gasteiger partial charge is 0.151 e. The molecule has 0 spiro atoms. The van der Waals surface area contributed by atoms with Crippen molar-refractivity contribution in [3.63, 3.8) is 0 Å². The highest BCUT2D eigenvalue weighted by molar-refractivity contribution is 7.89. The highest BCUT2D eigenvalue weighted by Crippen LogP contribution is 2.11. The van der Waals surface area contributed by atoms with Gasteiger partial charge in [-0.3, -0.25) is 0 Å². The first kappa shape index (κ1) is 16.5. The molecule has 0 aliphatic heterocycles. The van der Waals surface area contributed by atoms with Crippen LogP contribution in [0.4, 0.5) is 0 Å². The summed E-state index contributed by atoms with van der Waals surface area (Å²) in [5.74, 6) is 0.942. The number of sulfone groups is 1. The van der Waals surface area contributed by atoms with Gasteiger partial charge in [-0.1, -0.05) is 36.4 Å². The first-order valence-electron chi connectivity index (χ1n) is 7.05. The van der Waals surface area contributed by atoms with Gasteiger partial charge in [0, 0.05) is 19.3 Å². The lowest BCUT2D eigenvalue weighted by molar-refractivity contribution is 0.414. The summed E-state index contributed by atoms with van der Waals surface area (Å²) in [5, 5.41) is 3.36. The van der Waals surface area contributed by atoms with Gasteiger partial charge in [0.05, 0.1) is 12.9 Å². The molecule has 4 nitrogen and oxygen atoms in total. The molecule has 0 amide bonds. The van der Waals surface area contributed by atoms with E-state index in [0.29, 0.717) is 0 Å². The van der Waals surface area contributed by atoms with Gasteiger partial charge in [-0.2, -0.15) is 0 Å². The summed E-state index contributed by atoms with van der Waals surface area (Å²) in [7, 11) is -1.32. The Bertz CT molecular complexity index is 692. The Hall–Kier alpha value is -1.85. The van der Waals surface area contributed by atoms with E-state index >= 15 is 0 Å². The van der Waals surface area contributed by atoms with Gasteiger partial charge in [0.15, 0.2) is 9.84 Å². The van der Waals surface area contributed by atoms with Crippen molar-refractivity contribution >= 4 is 9.84 Å². The van der Waals surface area contributed by atoms with Crippen LogP contribution in [0.5, 0.6) is 5.75 Å². The zero-order valence-electron chi connectivity index (χ0n) is 12.9. The maximum absolute atomic E-state index is 11.2. The minimum Gasteiger partial charge on any atom is -0.497 e. The first-order valence-corrected chi connectivity index (χ1v) is 9.11. The second-order valence-electron chi connectivity index (χ2n) is 5.34. The van der Waals surface area contributed by atoms with Crippen LogP contribution < -0.4 is 10.1 Å². The molecule has 0 aliphatic carbocycles. The Morgan fingerprint density at radius 3 is 1.77 bits per heavy atom. The number of hydrogen-bond acceptors (Lipinski definition) is 4. The van der Waals surface area contributed by atoms with Gasteiger partial charge >= 0.3 is 0 Å². The maximum atomic E-state index is 11.2. The maximum Gasteiger partial charge on any atom is 0.151 e. The Morgan fingerprint density at radius 2 is 1.32 bits per heavy atom. The molecular formula is C17H21NO3S. The second kappa shape index (κ2) is 7.42. The van der Waals surface area contributed by atoms with Crippen molar-refractivity contribution in [3.05, 3.63) is 65.2 Å². The Balaban J connectivity index is 1.83. The van der Waals surface area contributed by atoms with Crippen LogP contribution in [-0.4, -0.2) is 21.8 Å². The van der Waals surface area contributed by atoms with E-state index < -0.39 is 9.84 Å². The standard InChI is InChI=1S/C17H21NO3S/c1-21-17-9-7-15(8-10-17)12-18-11-14-3-5-16(6-4-14)13-22(2,19)20/h3-10,18H,11-13H2,1-2H3. The highest BCUT2D eigenvalue weighted by atomic mass is 32.2. The van der Waals surface area contributed by atoms with Crippen molar-refractivity contribution < 1.29 is 13.2 Å². The van der Waals surface area contributed by atoms with E-state index in [9.17, 15) is 8.42 Å². The average Bonchev–Trinajstić information content (AvgIpc) is 2.48. The minimum atomic E-state index is -2.97. The first-order chi connectivity index (χ1) is 10.5. The van der Waals surface area contributed by atoms with Crippen molar-refractivity contribution in [2.75, 3.05) is 13.4 Å². The second-order valence-corrected chi connectivity index (χ2v) is 7.48. The van der Waals surface area contributed by atoms with E-state index in [1.54, 1.807) is 7.11 Å². The molecule has 0 heterocycles. The summed E-state index contributed by atoms with van der Waals surface area (Å²) in [6.45, 7) is 1.51. The summed E-state index contributed by atoms with van der Waals surface area (Å²) in [6.07, 6.45) is 1.25. The molecule has 2 aromatic carbocycles. The third-order valence-electron chi connectivity index (χ3n) is 3.27. The van der Waals surface area contributed by atoms with E-state index in [1.807, 2.05) is 48.5 Å². The van der Waals surface area contributed by atoms with Gasteiger partial charge in [0.25, 0.3) is 0 Å². The molecule has 0 saturated carbocycles. The molecule has 2 aromatic rings. The topological polar surface area (TPSA) is 55.4 Å². The summed E-state index contributed by atoms with van der Waals surface area (Å²) in [5.41, 5.74) is 3.14. The zero-order valence-corrected chi connectivity index (χ0v) is 13.7. The molecule has 0 aliphatic rings. The number of benzene rings is 2. The number of methoxy groups -OCH3 is 1. The van der Waals surface area contributed by atoms with Crippen LogP contribution in [0, 0.1) is 0 Å². The van der Waals surface area contributed by atoms with Crippen molar-refractivity contribution in [3.8, 4) is 5.75 Å². The molecule has 0 aromatic heterocycles. The lowest BCUT2D eigenvalue weighted by Crippen LogP contribution is -2.12. The van der Waals surface area contributed by atoms with Gasteiger partial charge < -0.3 is 10.1 Å². The fourth-order valence-electron chi connectivity index (χ4n) is 2.15. The van der Waals surface area contributed by atoms with Gasteiger partial charge in [0.1, 0.15) is 5.75 Å². The molecule has 0 unspecified atom stereocenters. The van der Waals surface area contributed by atoms with Crippen molar-refractivity contribution in [1.82, 2.24) is 5.32 Å². The van der Waals surface area contributed by atoms with E-state index in [4.69, 9.17) is 4.74 Å². The van der Waals surface area contributed by atoms with Crippen molar-refractivity contribution in [1.29, 1.82) is 0 Å². The molecule has 0 atom stereocenters. The van der Waals surface area contributed by atoms with Gasteiger partial charge in [-0.15, -0.1) is 0 Å². The molecule has 0 bridgehead atoms. The van der Waals surface area contributed by atoms with Crippen LogP contribution in [-0.2, 0) is 28.7 Å². The van der Waals surface area contributed by atoms with Gasteiger partial charge in [0.2, 0.25) is 0 Å². The number of rotatable bonds is 7. The predicted molar refractivity (Wildman–Crippen MR) is 88.5 cm³/mol. The molecule has 1 N–H and O–H groups in total. The predicted octanol–water partition coefficient (Wildman–Crippen LogP) is 2.53. The monoisotopic (exact) mass is 319 g/mol. The Morgan fingerprint density at radius 1 is 0.864 bits per heavy atom. The fourth-order valence-corrected chi connectivity index (χ4v) is 2.95. The quantitative estimate of drug-likeness (QED) is 0.852. The average molecular weight is 319 g/mol. The molecule has 2 rings (SSSR count). The van der Waals surface area contributed by atoms with Crippen LogP contribution in [0.2, 0.25) is 0 Å². The third-order valence-corrected chi connectivity index (χ3v) is 4.13. The normalized spacial score (nSPS) is 11.4. The zero-order chi connectivity index (χ0) is 16.0. The number of ether oxygens (including phenoxy) is 1. The summed E-state index contributed by atoms with van der Waals surface area (Å²) >= 11 is 0. The third kappa shape index (κ3) is 5.50. The summed E-state index contributed by atoms with van der Waals surface area (Å²) in [4.78, 5) is 0. The lowest BCUT2D eigenvalue weighted by Gasteiger charge is -2.07. The van der Waals surface area contributed by atoms with E-state index in [1.165, 1.54) is 11.8 Å². The largest absolute Gasteiger partial charge is 0.497 e. The minimum absolute atomic E-state index is 0.0898. The Kier molecular flexibility index (Phi) is 5.57. The molecule has 0 fully saturated rings. The fraction of sp³-hybridized carbons (Fsp3) is 0.294. The highest BCUT2D eigenvalue weighted by Gasteiger charge is 2.04. The van der Waals surface area contributed by atoms with Crippen molar-refractivity contribution in [2.45, 2.75) is 18.8 Å². The van der Waals surface area contributed by atoms with E-state index in [0.717, 1.165) is 30.0 Å². The molecule has 5 heteroatoms. The van der Waals surface area contributed by atoms with E-state index in [-0.39, 0.29) is 5.75 Å². The lowest BCUT2D eigenvalue weighted by atomic mass is 10.1.